The van der Waals surface area contributed by atoms with Gasteiger partial charge < -0.3 is 10.2 Å². The third-order valence-electron chi connectivity index (χ3n) is 5.42. The number of aliphatic carboxylic acids is 2. The van der Waals surface area contributed by atoms with Crippen LogP contribution in [0.25, 0.3) is 0 Å². The second-order valence-corrected chi connectivity index (χ2v) is 8.88. The Morgan fingerprint density at radius 3 is 1.57 bits per heavy atom. The molecule has 1 aliphatic heterocycles. The van der Waals surface area contributed by atoms with Gasteiger partial charge in [-0.3, -0.25) is 30.2 Å². The van der Waals surface area contributed by atoms with Gasteiger partial charge >= 0.3 is 11.9 Å². The number of nitrogens with one attached hydrogen (secondary N) is 2. The van der Waals surface area contributed by atoms with Crippen LogP contribution < -0.4 is 10.9 Å². The van der Waals surface area contributed by atoms with Crippen molar-refractivity contribution in [2.75, 3.05) is 38.6 Å². The average molecular weight is 535 g/mol. The molecule has 10 nitrogen and oxygen atoms in total. The summed E-state index contributed by atoms with van der Waals surface area (Å²) in [6.45, 7) is 0.0387. The van der Waals surface area contributed by atoms with Crippen molar-refractivity contribution >= 4 is 35.8 Å². The molecule has 0 saturated carbocycles. The Labute approximate surface area is 217 Å². The second-order valence-electron chi connectivity index (χ2n) is 8.25. The van der Waals surface area contributed by atoms with Crippen LogP contribution in [0.2, 0.25) is 0 Å². The number of carboxylic acid groups (broad SMARTS) is 2. The Bertz CT molecular complexity index is 1120. The smallest absolute Gasteiger partial charge is 0.317 e. The van der Waals surface area contributed by atoms with Gasteiger partial charge in [-0.05, 0) is 11.1 Å². The fourth-order valence-electron chi connectivity index (χ4n) is 3.67. The summed E-state index contributed by atoms with van der Waals surface area (Å²) in [5, 5.41) is 26.7. The summed E-state index contributed by atoms with van der Waals surface area (Å²) >= 11 is 0.182. The highest BCUT2D eigenvalue weighted by Crippen LogP contribution is 2.12. The monoisotopic (exact) mass is 534 g/mol. The molecular weight excluding hydrogens is 506 g/mol. The quantitative estimate of drug-likeness (QED) is 0.272. The highest BCUT2D eigenvalue weighted by Gasteiger charge is 2.15. The first-order chi connectivity index (χ1) is 17.9. The maximum Gasteiger partial charge on any atom is 0.317 e. The molecule has 0 atom stereocenters. The molecule has 2 aromatic rings. The molecular formula is C24H28F2N6O4S. The summed E-state index contributed by atoms with van der Waals surface area (Å²) in [6.07, 6.45) is 0. The van der Waals surface area contributed by atoms with E-state index in [1.807, 2.05) is 48.5 Å². The van der Waals surface area contributed by atoms with Gasteiger partial charge in [-0.1, -0.05) is 48.5 Å². The van der Waals surface area contributed by atoms with Gasteiger partial charge in [0.1, 0.15) is 6.67 Å². The third-order valence-corrected chi connectivity index (χ3v) is 5.75. The van der Waals surface area contributed by atoms with Crippen LogP contribution in [0.1, 0.15) is 22.3 Å². The van der Waals surface area contributed by atoms with E-state index in [1.165, 1.54) is 4.90 Å². The molecule has 0 fully saturated rings. The van der Waals surface area contributed by atoms with Gasteiger partial charge in [0.15, 0.2) is 11.7 Å². The van der Waals surface area contributed by atoms with Crippen molar-refractivity contribution in [2.45, 2.75) is 13.1 Å². The molecule has 0 radical (unpaired) electrons. The van der Waals surface area contributed by atoms with E-state index in [2.05, 4.69) is 21.1 Å². The van der Waals surface area contributed by atoms with Gasteiger partial charge in [-0.15, -0.1) is 0 Å². The predicted octanol–water partition coefficient (Wildman–Crippen LogP) is 2.26. The van der Waals surface area contributed by atoms with E-state index in [0.717, 1.165) is 22.3 Å². The van der Waals surface area contributed by atoms with E-state index in [0.29, 0.717) is 31.3 Å². The van der Waals surface area contributed by atoms with Crippen molar-refractivity contribution in [2.24, 2.45) is 10.2 Å². The standard InChI is InChI=1S/C24H28F2N6O4S/c25-9-10-31(15-21(33)34)13-17-1-5-19(6-2-17)23-27-29-24(30-28-23)20-7-3-18(4-8-20)14-32(11-12-37-26)16-22(35)36/h1-8H,9-16H2,(H,27,28)(H,29,30)(H,33,34)(H,35,36). The first kappa shape index (κ1) is 28.0. The van der Waals surface area contributed by atoms with Crippen LogP contribution in [0.3, 0.4) is 0 Å². The van der Waals surface area contributed by atoms with Gasteiger partial charge in [0.2, 0.25) is 0 Å². The summed E-state index contributed by atoms with van der Waals surface area (Å²) in [4.78, 5) is 25.2. The van der Waals surface area contributed by atoms with Crippen molar-refractivity contribution in [1.29, 1.82) is 0 Å². The van der Waals surface area contributed by atoms with Crippen LogP contribution in [0.15, 0.2) is 58.7 Å². The van der Waals surface area contributed by atoms with Crippen molar-refractivity contribution in [3.8, 4) is 0 Å². The Hall–Kier alpha value is -3.55. The first-order valence-corrected chi connectivity index (χ1v) is 12.3. The topological polar surface area (TPSA) is 130 Å². The lowest BCUT2D eigenvalue weighted by Gasteiger charge is -2.20. The number of halogens is 2. The molecule has 37 heavy (non-hydrogen) atoms. The minimum Gasteiger partial charge on any atom is -0.480 e. The average Bonchev–Trinajstić information content (AvgIpc) is 2.88. The summed E-state index contributed by atoms with van der Waals surface area (Å²) in [5.41, 5.74) is 9.08. The van der Waals surface area contributed by atoms with Crippen LogP contribution in [0.4, 0.5) is 8.28 Å². The summed E-state index contributed by atoms with van der Waals surface area (Å²) in [7, 11) is 0. The van der Waals surface area contributed by atoms with Gasteiger partial charge in [-0.2, -0.15) is 14.1 Å². The summed E-state index contributed by atoms with van der Waals surface area (Å²) in [6, 6.07) is 14.7. The molecule has 0 bridgehead atoms. The molecule has 2 aromatic carbocycles. The Kier molecular flexibility index (Phi) is 10.8. The Balaban J connectivity index is 1.57. The minimum atomic E-state index is -1.01. The van der Waals surface area contributed by atoms with Crippen molar-refractivity contribution < 1.29 is 28.1 Å². The molecule has 1 aliphatic rings. The van der Waals surface area contributed by atoms with Crippen molar-refractivity contribution in [1.82, 2.24) is 20.7 Å². The zero-order valence-electron chi connectivity index (χ0n) is 19.9. The first-order valence-electron chi connectivity index (χ1n) is 11.4. The molecule has 13 heteroatoms. The zero-order valence-corrected chi connectivity index (χ0v) is 20.8. The Morgan fingerprint density at radius 1 is 0.784 bits per heavy atom. The SMILES string of the molecule is O=C(O)CN(CCF)Cc1ccc(C2=NNC(c3ccc(CN(CCSF)CC(=O)O)cc3)=NN2)cc1. The largest absolute Gasteiger partial charge is 0.480 e. The molecule has 198 valence electrons. The minimum absolute atomic E-state index is 0.0452. The summed E-state index contributed by atoms with van der Waals surface area (Å²) in [5.74, 6) is -0.782. The number of carboxylic acids is 2. The number of hydrazone groups is 2. The van der Waals surface area contributed by atoms with Crippen LogP contribution in [-0.4, -0.2) is 82.2 Å². The predicted molar refractivity (Wildman–Crippen MR) is 138 cm³/mol. The van der Waals surface area contributed by atoms with Crippen LogP contribution in [0, 0.1) is 0 Å². The van der Waals surface area contributed by atoms with E-state index in [-0.39, 0.29) is 37.5 Å². The van der Waals surface area contributed by atoms with E-state index < -0.39 is 18.6 Å². The number of alkyl halides is 1. The molecule has 0 spiro atoms. The molecule has 0 amide bonds. The van der Waals surface area contributed by atoms with Crippen molar-refractivity contribution in [3.05, 3.63) is 70.8 Å². The molecule has 0 saturated heterocycles. The number of hydrogen-bond acceptors (Lipinski definition) is 9. The van der Waals surface area contributed by atoms with Crippen LogP contribution >= 0.6 is 12.1 Å². The van der Waals surface area contributed by atoms with Gasteiger partial charge in [-0.25, -0.2) is 4.39 Å². The summed E-state index contributed by atoms with van der Waals surface area (Å²) < 4.78 is 25.1. The van der Waals surface area contributed by atoms with E-state index in [1.54, 1.807) is 4.90 Å². The number of nitrogens with zero attached hydrogens (tertiary/aromatic N) is 4. The maximum absolute atomic E-state index is 12.7. The lowest BCUT2D eigenvalue weighted by molar-refractivity contribution is -0.139. The number of carbonyl (C=O) groups is 2. The third kappa shape index (κ3) is 9.12. The number of hydrogen-bond donors (Lipinski definition) is 4. The molecule has 3 rings (SSSR count). The van der Waals surface area contributed by atoms with Crippen LogP contribution in [0.5, 0.6) is 0 Å². The van der Waals surface area contributed by atoms with Gasteiger partial charge in [0, 0.05) is 55.2 Å². The lowest BCUT2D eigenvalue weighted by atomic mass is 10.1. The Morgan fingerprint density at radius 2 is 1.22 bits per heavy atom. The van der Waals surface area contributed by atoms with E-state index in [9.17, 15) is 17.9 Å². The molecule has 0 aromatic heterocycles. The molecule has 4 N–H and O–H groups in total. The number of benzene rings is 2. The van der Waals surface area contributed by atoms with Gasteiger partial charge in [0.05, 0.1) is 13.1 Å². The van der Waals surface area contributed by atoms with Gasteiger partial charge in [0.25, 0.3) is 0 Å². The highest BCUT2D eigenvalue weighted by atomic mass is 32.2. The fourth-order valence-corrected chi connectivity index (χ4v) is 4.00. The normalized spacial score (nSPS) is 13.1. The van der Waals surface area contributed by atoms with E-state index in [4.69, 9.17) is 10.2 Å². The fraction of sp³-hybridized carbons (Fsp3) is 0.333. The zero-order chi connectivity index (χ0) is 26.6. The highest BCUT2D eigenvalue weighted by molar-refractivity contribution is 7.94. The molecule has 1 heterocycles. The number of rotatable bonds is 15. The van der Waals surface area contributed by atoms with Crippen molar-refractivity contribution in [3.63, 3.8) is 0 Å². The molecule has 0 unspecified atom stereocenters. The second kappa shape index (κ2) is 14.3. The lowest BCUT2D eigenvalue weighted by Crippen LogP contribution is -2.34. The maximum atomic E-state index is 12.7. The van der Waals surface area contributed by atoms with E-state index >= 15 is 0 Å². The molecule has 0 aliphatic carbocycles. The van der Waals surface area contributed by atoms with Crippen LogP contribution in [-0.2, 0) is 22.7 Å². The number of amidine groups is 2.